The number of nitrogen functional groups attached to an aromatic ring is 1. The first-order chi connectivity index (χ1) is 7.29. The van der Waals surface area contributed by atoms with E-state index in [0.717, 1.165) is 17.9 Å². The summed E-state index contributed by atoms with van der Waals surface area (Å²) in [7, 11) is 1.65. The van der Waals surface area contributed by atoms with Gasteiger partial charge in [-0.2, -0.15) is 5.10 Å². The molecule has 0 aliphatic rings. The average Bonchev–Trinajstić information content (AvgIpc) is 2.66. The summed E-state index contributed by atoms with van der Waals surface area (Å²) in [5, 5.41) is 6.75. The van der Waals surface area contributed by atoms with Crippen LogP contribution < -0.4 is 10.5 Å². The fourth-order valence-electron chi connectivity index (χ4n) is 1.41. The molecule has 0 aliphatic carbocycles. The fraction of sp³-hybridized carbons (Fsp3) is 0.182. The van der Waals surface area contributed by atoms with E-state index in [4.69, 9.17) is 10.5 Å². The first kappa shape index (κ1) is 9.58. The zero-order chi connectivity index (χ0) is 10.7. The van der Waals surface area contributed by atoms with Crippen molar-refractivity contribution >= 4 is 5.69 Å². The minimum Gasteiger partial charge on any atom is -0.497 e. The Kier molecular flexibility index (Phi) is 2.58. The molecule has 4 nitrogen and oxygen atoms in total. The summed E-state index contributed by atoms with van der Waals surface area (Å²) in [6.45, 7) is 0. The van der Waals surface area contributed by atoms with Gasteiger partial charge in [-0.15, -0.1) is 0 Å². The Morgan fingerprint density at radius 3 is 2.60 bits per heavy atom. The first-order valence-corrected chi connectivity index (χ1v) is 4.70. The van der Waals surface area contributed by atoms with Crippen molar-refractivity contribution in [2.75, 3.05) is 12.8 Å². The SMILES string of the molecule is COc1ccc(Cc2[nH]ncc2N)cc1. The minimum absolute atomic E-state index is 0.700. The molecule has 0 atom stereocenters. The van der Waals surface area contributed by atoms with Crippen LogP contribution in [0.2, 0.25) is 0 Å². The van der Waals surface area contributed by atoms with Crippen LogP contribution in [0.1, 0.15) is 11.3 Å². The molecule has 15 heavy (non-hydrogen) atoms. The van der Waals surface area contributed by atoms with Crippen LogP contribution in [0, 0.1) is 0 Å². The van der Waals surface area contributed by atoms with E-state index >= 15 is 0 Å². The lowest BCUT2D eigenvalue weighted by Gasteiger charge is -2.02. The molecular weight excluding hydrogens is 190 g/mol. The predicted octanol–water partition coefficient (Wildman–Crippen LogP) is 1.59. The quantitative estimate of drug-likeness (QED) is 0.796. The molecule has 2 aromatic rings. The molecule has 0 fully saturated rings. The second kappa shape index (κ2) is 4.04. The number of methoxy groups -OCH3 is 1. The summed E-state index contributed by atoms with van der Waals surface area (Å²) in [5.41, 5.74) is 8.54. The van der Waals surface area contributed by atoms with E-state index in [0.29, 0.717) is 5.69 Å². The second-order valence-electron chi connectivity index (χ2n) is 3.33. The molecule has 3 N–H and O–H groups in total. The maximum atomic E-state index is 5.73. The summed E-state index contributed by atoms with van der Waals surface area (Å²) >= 11 is 0. The molecule has 2 rings (SSSR count). The first-order valence-electron chi connectivity index (χ1n) is 4.70. The normalized spacial score (nSPS) is 10.2. The lowest BCUT2D eigenvalue weighted by Crippen LogP contribution is -1.94. The van der Waals surface area contributed by atoms with Crippen molar-refractivity contribution in [3.63, 3.8) is 0 Å². The van der Waals surface area contributed by atoms with Crippen molar-refractivity contribution in [2.45, 2.75) is 6.42 Å². The van der Waals surface area contributed by atoms with Gasteiger partial charge in [0.05, 0.1) is 24.7 Å². The van der Waals surface area contributed by atoms with Gasteiger partial charge >= 0.3 is 0 Å². The third kappa shape index (κ3) is 2.10. The summed E-state index contributed by atoms with van der Waals surface area (Å²) in [5.74, 6) is 0.858. The number of H-pyrrole nitrogens is 1. The van der Waals surface area contributed by atoms with Crippen LogP contribution in [0.5, 0.6) is 5.75 Å². The van der Waals surface area contributed by atoms with E-state index in [2.05, 4.69) is 10.2 Å². The summed E-state index contributed by atoms with van der Waals surface area (Å²) in [6, 6.07) is 7.89. The van der Waals surface area contributed by atoms with Crippen LogP contribution in [0.25, 0.3) is 0 Å². The van der Waals surface area contributed by atoms with Gasteiger partial charge in [-0.3, -0.25) is 5.10 Å². The van der Waals surface area contributed by atoms with Gasteiger partial charge in [-0.05, 0) is 17.7 Å². The Balaban J connectivity index is 2.14. The maximum Gasteiger partial charge on any atom is 0.118 e. The number of nitrogens with one attached hydrogen (secondary N) is 1. The molecule has 0 radical (unpaired) electrons. The summed E-state index contributed by atoms with van der Waals surface area (Å²) in [4.78, 5) is 0. The smallest absolute Gasteiger partial charge is 0.118 e. The van der Waals surface area contributed by atoms with Crippen molar-refractivity contribution in [3.05, 3.63) is 41.7 Å². The lowest BCUT2D eigenvalue weighted by molar-refractivity contribution is 0.414. The molecule has 1 aromatic heterocycles. The van der Waals surface area contributed by atoms with E-state index < -0.39 is 0 Å². The number of anilines is 1. The Bertz CT molecular complexity index is 433. The molecule has 0 amide bonds. The van der Waals surface area contributed by atoms with Crippen LogP contribution in [0.4, 0.5) is 5.69 Å². The van der Waals surface area contributed by atoms with Gasteiger partial charge < -0.3 is 10.5 Å². The summed E-state index contributed by atoms with van der Waals surface area (Å²) in [6.07, 6.45) is 2.38. The highest BCUT2D eigenvalue weighted by Gasteiger charge is 2.02. The van der Waals surface area contributed by atoms with Gasteiger partial charge in [0.15, 0.2) is 0 Å². The number of nitrogens with zero attached hydrogens (tertiary/aromatic N) is 1. The van der Waals surface area contributed by atoms with Crippen LogP contribution in [0.15, 0.2) is 30.5 Å². The number of rotatable bonds is 3. The van der Waals surface area contributed by atoms with Crippen molar-refractivity contribution in [2.24, 2.45) is 0 Å². The molecule has 1 aromatic carbocycles. The Labute approximate surface area is 88.1 Å². The number of aromatic amines is 1. The van der Waals surface area contributed by atoms with E-state index in [9.17, 15) is 0 Å². The van der Waals surface area contributed by atoms with Gasteiger partial charge in [-0.1, -0.05) is 12.1 Å². The van der Waals surface area contributed by atoms with Crippen LogP contribution >= 0.6 is 0 Å². The predicted molar refractivity (Wildman–Crippen MR) is 58.8 cm³/mol. The highest BCUT2D eigenvalue weighted by molar-refractivity contribution is 5.43. The second-order valence-corrected chi connectivity index (χ2v) is 3.33. The van der Waals surface area contributed by atoms with E-state index in [-0.39, 0.29) is 0 Å². The average molecular weight is 203 g/mol. The third-order valence-corrected chi connectivity index (χ3v) is 2.29. The zero-order valence-corrected chi connectivity index (χ0v) is 8.53. The van der Waals surface area contributed by atoms with E-state index in [1.807, 2.05) is 24.3 Å². The summed E-state index contributed by atoms with van der Waals surface area (Å²) < 4.78 is 5.08. The van der Waals surface area contributed by atoms with Crippen LogP contribution in [0.3, 0.4) is 0 Å². The Morgan fingerprint density at radius 1 is 1.33 bits per heavy atom. The van der Waals surface area contributed by atoms with Gasteiger partial charge in [0.1, 0.15) is 5.75 Å². The number of nitrogens with two attached hydrogens (primary N) is 1. The van der Waals surface area contributed by atoms with Crippen molar-refractivity contribution in [1.82, 2.24) is 10.2 Å². The number of hydrogen-bond acceptors (Lipinski definition) is 3. The molecular formula is C11H13N3O. The molecule has 0 saturated heterocycles. The maximum absolute atomic E-state index is 5.73. The Morgan fingerprint density at radius 2 is 2.07 bits per heavy atom. The van der Waals surface area contributed by atoms with Gasteiger partial charge in [-0.25, -0.2) is 0 Å². The largest absolute Gasteiger partial charge is 0.497 e. The number of benzene rings is 1. The molecule has 0 saturated carbocycles. The van der Waals surface area contributed by atoms with Gasteiger partial charge in [0.2, 0.25) is 0 Å². The van der Waals surface area contributed by atoms with Crippen molar-refractivity contribution in [3.8, 4) is 5.75 Å². The van der Waals surface area contributed by atoms with Gasteiger partial charge in [0, 0.05) is 6.42 Å². The van der Waals surface area contributed by atoms with Crippen molar-refractivity contribution in [1.29, 1.82) is 0 Å². The minimum atomic E-state index is 0.700. The number of aromatic nitrogens is 2. The van der Waals surface area contributed by atoms with E-state index in [1.54, 1.807) is 13.3 Å². The number of ether oxygens (including phenoxy) is 1. The topological polar surface area (TPSA) is 63.9 Å². The standard InChI is InChI=1S/C11H13N3O/c1-15-9-4-2-8(3-5-9)6-11-10(12)7-13-14-11/h2-5,7H,6,12H2,1H3,(H,13,14). The van der Waals surface area contributed by atoms with Crippen molar-refractivity contribution < 1.29 is 4.74 Å². The molecule has 1 heterocycles. The molecule has 0 unspecified atom stereocenters. The van der Waals surface area contributed by atoms with E-state index in [1.165, 1.54) is 5.56 Å². The zero-order valence-electron chi connectivity index (χ0n) is 8.53. The van der Waals surface area contributed by atoms with Crippen LogP contribution in [-0.4, -0.2) is 17.3 Å². The molecule has 4 heteroatoms. The third-order valence-electron chi connectivity index (χ3n) is 2.29. The number of hydrogen-bond donors (Lipinski definition) is 2. The molecule has 78 valence electrons. The molecule has 0 spiro atoms. The molecule has 0 aliphatic heterocycles. The highest BCUT2D eigenvalue weighted by Crippen LogP contribution is 2.16. The monoisotopic (exact) mass is 203 g/mol. The fourth-order valence-corrected chi connectivity index (χ4v) is 1.41. The lowest BCUT2D eigenvalue weighted by atomic mass is 10.1. The van der Waals surface area contributed by atoms with Gasteiger partial charge in [0.25, 0.3) is 0 Å². The molecule has 0 bridgehead atoms. The highest BCUT2D eigenvalue weighted by atomic mass is 16.5. The Hall–Kier alpha value is -1.97. The van der Waals surface area contributed by atoms with Crippen LogP contribution in [-0.2, 0) is 6.42 Å².